The van der Waals surface area contributed by atoms with E-state index < -0.39 is 5.97 Å². The molecule has 5 nitrogen and oxygen atoms in total. The van der Waals surface area contributed by atoms with Gasteiger partial charge in [0.2, 0.25) is 0 Å². The maximum Gasteiger partial charge on any atom is 0.335 e. The van der Waals surface area contributed by atoms with Gasteiger partial charge in [0.15, 0.2) is 0 Å². The molecular weight excluding hydrogens is 460 g/mol. The first kappa shape index (κ1) is 23.0. The van der Waals surface area contributed by atoms with Gasteiger partial charge in [0.25, 0.3) is 0 Å². The molecule has 1 N–H and O–H groups in total. The molecule has 1 aliphatic carbocycles. The minimum absolute atomic E-state index is 0.217. The third-order valence-corrected chi connectivity index (χ3v) is 7.20. The van der Waals surface area contributed by atoms with Gasteiger partial charge in [-0.15, -0.1) is 0 Å². The van der Waals surface area contributed by atoms with Crippen LogP contribution in [0, 0.1) is 0 Å². The molecular formula is C32H28N2O3. The summed E-state index contributed by atoms with van der Waals surface area (Å²) in [5.41, 5.74) is 5.14. The van der Waals surface area contributed by atoms with E-state index in [0.29, 0.717) is 6.04 Å². The molecule has 0 radical (unpaired) electrons. The highest BCUT2D eigenvalue weighted by Gasteiger charge is 2.24. The number of hydrogen-bond donors (Lipinski definition) is 1. The Bertz CT molecular complexity index is 1480. The fourth-order valence-electron chi connectivity index (χ4n) is 5.37. The lowest BCUT2D eigenvalue weighted by atomic mass is 10.0. The molecule has 1 aliphatic rings. The number of carbonyl (C=O) groups is 1. The van der Waals surface area contributed by atoms with E-state index in [-0.39, 0.29) is 11.7 Å². The summed E-state index contributed by atoms with van der Waals surface area (Å²) in [6.07, 6.45) is 4.39. The summed E-state index contributed by atoms with van der Waals surface area (Å²) in [6.45, 7) is 0. The number of carboxylic acid groups (broad SMARTS) is 1. The summed E-state index contributed by atoms with van der Waals surface area (Å²) in [6, 6.07) is 34.2. The molecule has 1 aromatic heterocycles. The zero-order chi connectivity index (χ0) is 25.2. The number of nitrogens with zero attached hydrogens (tertiary/aromatic N) is 2. The van der Waals surface area contributed by atoms with Crippen molar-refractivity contribution < 1.29 is 14.6 Å². The van der Waals surface area contributed by atoms with E-state index >= 15 is 0 Å². The topological polar surface area (TPSA) is 64.3 Å². The molecule has 0 spiro atoms. The van der Waals surface area contributed by atoms with Crippen molar-refractivity contribution in [2.24, 2.45) is 0 Å². The predicted molar refractivity (Wildman–Crippen MR) is 145 cm³/mol. The number of benzene rings is 4. The summed E-state index contributed by atoms with van der Waals surface area (Å²) >= 11 is 0. The standard InChI is InChI=1S/C32H28N2O3/c35-32(36)25-17-20-29-28(21-25)33-31(34(29)26-13-7-8-14-26)24-15-18-27(19-16-24)37-30(22-9-3-1-4-10-22)23-11-5-2-6-12-23/h1-6,9-12,15-21,26,30H,7-8,13-14H2,(H,35,36). The highest BCUT2D eigenvalue weighted by molar-refractivity contribution is 5.93. The van der Waals surface area contributed by atoms with Crippen LogP contribution in [0.1, 0.15) is 59.3 Å². The van der Waals surface area contributed by atoms with E-state index in [1.165, 1.54) is 12.8 Å². The Morgan fingerprint density at radius 2 is 1.46 bits per heavy atom. The minimum atomic E-state index is -0.938. The Kier molecular flexibility index (Phi) is 6.19. The summed E-state index contributed by atoms with van der Waals surface area (Å²) in [5.74, 6) is 0.712. The van der Waals surface area contributed by atoms with Gasteiger partial charge in [-0.2, -0.15) is 0 Å². The van der Waals surface area contributed by atoms with Crippen LogP contribution in [0.3, 0.4) is 0 Å². The van der Waals surface area contributed by atoms with Crippen LogP contribution in [0.5, 0.6) is 5.75 Å². The normalized spacial score (nSPS) is 13.9. The average molecular weight is 489 g/mol. The first-order chi connectivity index (χ1) is 18.2. The second-order valence-corrected chi connectivity index (χ2v) is 9.60. The van der Waals surface area contributed by atoms with Gasteiger partial charge in [0.05, 0.1) is 16.6 Å². The van der Waals surface area contributed by atoms with Crippen molar-refractivity contribution in [1.29, 1.82) is 0 Å². The van der Waals surface area contributed by atoms with Gasteiger partial charge < -0.3 is 14.4 Å². The number of imidazole rings is 1. The maximum atomic E-state index is 11.5. The van der Waals surface area contributed by atoms with Gasteiger partial charge in [0, 0.05) is 11.6 Å². The lowest BCUT2D eigenvalue weighted by Gasteiger charge is -2.21. The van der Waals surface area contributed by atoms with Crippen LogP contribution >= 0.6 is 0 Å². The number of aromatic nitrogens is 2. The number of fused-ring (bicyclic) bond motifs is 1. The Morgan fingerprint density at radius 3 is 2.05 bits per heavy atom. The molecule has 184 valence electrons. The second kappa shape index (κ2) is 9.94. The highest BCUT2D eigenvalue weighted by Crippen LogP contribution is 2.38. The molecule has 1 fully saturated rings. The zero-order valence-electron chi connectivity index (χ0n) is 20.5. The molecule has 6 rings (SSSR count). The Morgan fingerprint density at radius 1 is 0.838 bits per heavy atom. The van der Waals surface area contributed by atoms with Crippen LogP contribution < -0.4 is 4.74 Å². The fraction of sp³-hybridized carbons (Fsp3) is 0.188. The number of ether oxygens (including phenoxy) is 1. The van der Waals surface area contributed by atoms with Crippen LogP contribution in [0.4, 0.5) is 0 Å². The Balaban J connectivity index is 1.36. The SMILES string of the molecule is O=C(O)c1ccc2c(c1)nc(-c1ccc(OC(c3ccccc3)c3ccccc3)cc1)n2C1CCCC1. The molecule has 0 unspecified atom stereocenters. The van der Waals surface area contributed by atoms with E-state index in [1.54, 1.807) is 12.1 Å². The third kappa shape index (κ3) is 4.60. The van der Waals surface area contributed by atoms with E-state index in [0.717, 1.165) is 52.1 Å². The van der Waals surface area contributed by atoms with Crippen molar-refractivity contribution >= 4 is 17.0 Å². The maximum absolute atomic E-state index is 11.5. The van der Waals surface area contributed by atoms with Gasteiger partial charge >= 0.3 is 5.97 Å². The van der Waals surface area contributed by atoms with Crippen molar-refractivity contribution in [2.45, 2.75) is 37.8 Å². The average Bonchev–Trinajstić information content (AvgIpc) is 3.60. The molecule has 0 amide bonds. The second-order valence-electron chi connectivity index (χ2n) is 9.60. The minimum Gasteiger partial charge on any atom is -0.481 e. The van der Waals surface area contributed by atoms with Gasteiger partial charge in [-0.05, 0) is 66.4 Å². The van der Waals surface area contributed by atoms with Crippen LogP contribution in [0.25, 0.3) is 22.4 Å². The smallest absolute Gasteiger partial charge is 0.335 e. The predicted octanol–water partition coefficient (Wildman–Crippen LogP) is 7.69. The van der Waals surface area contributed by atoms with Crippen molar-refractivity contribution in [3.8, 4) is 17.1 Å². The van der Waals surface area contributed by atoms with Gasteiger partial charge in [-0.3, -0.25) is 0 Å². The zero-order valence-corrected chi connectivity index (χ0v) is 20.5. The number of hydrogen-bond acceptors (Lipinski definition) is 3. The molecule has 1 saturated carbocycles. The number of rotatable bonds is 7. The van der Waals surface area contributed by atoms with Gasteiger partial charge in [-0.25, -0.2) is 9.78 Å². The van der Waals surface area contributed by atoms with Crippen molar-refractivity contribution in [2.75, 3.05) is 0 Å². The number of carboxylic acids is 1. The molecule has 37 heavy (non-hydrogen) atoms. The van der Waals surface area contributed by atoms with Crippen LogP contribution in [0.15, 0.2) is 103 Å². The lowest BCUT2D eigenvalue weighted by Crippen LogP contribution is -2.09. The molecule has 1 heterocycles. The largest absolute Gasteiger partial charge is 0.481 e. The van der Waals surface area contributed by atoms with Crippen LogP contribution in [-0.4, -0.2) is 20.6 Å². The molecule has 5 aromatic rings. The van der Waals surface area contributed by atoms with E-state index in [2.05, 4.69) is 28.8 Å². The summed E-state index contributed by atoms with van der Waals surface area (Å²) in [5, 5.41) is 9.47. The molecule has 5 heteroatoms. The molecule has 0 aliphatic heterocycles. The van der Waals surface area contributed by atoms with E-state index in [9.17, 15) is 9.90 Å². The van der Waals surface area contributed by atoms with Crippen molar-refractivity contribution in [3.63, 3.8) is 0 Å². The van der Waals surface area contributed by atoms with Crippen LogP contribution in [0.2, 0.25) is 0 Å². The van der Waals surface area contributed by atoms with Crippen molar-refractivity contribution in [1.82, 2.24) is 9.55 Å². The van der Waals surface area contributed by atoms with Crippen molar-refractivity contribution in [3.05, 3.63) is 120 Å². The molecule has 4 aromatic carbocycles. The summed E-state index contributed by atoms with van der Waals surface area (Å²) in [7, 11) is 0. The van der Waals surface area contributed by atoms with Gasteiger partial charge in [0.1, 0.15) is 17.7 Å². The Labute approximate surface area is 216 Å². The summed E-state index contributed by atoms with van der Waals surface area (Å²) in [4.78, 5) is 16.5. The first-order valence-corrected chi connectivity index (χ1v) is 12.8. The monoisotopic (exact) mass is 488 g/mol. The fourth-order valence-corrected chi connectivity index (χ4v) is 5.37. The molecule has 0 atom stereocenters. The Hall–Kier alpha value is -4.38. The molecule has 0 saturated heterocycles. The molecule has 0 bridgehead atoms. The quantitative estimate of drug-likeness (QED) is 0.255. The highest BCUT2D eigenvalue weighted by atomic mass is 16.5. The van der Waals surface area contributed by atoms with E-state index in [1.807, 2.05) is 66.7 Å². The van der Waals surface area contributed by atoms with E-state index in [4.69, 9.17) is 9.72 Å². The van der Waals surface area contributed by atoms with Gasteiger partial charge in [-0.1, -0.05) is 73.5 Å². The first-order valence-electron chi connectivity index (χ1n) is 12.8. The number of aromatic carboxylic acids is 1. The third-order valence-electron chi connectivity index (χ3n) is 7.20. The van der Waals surface area contributed by atoms with Crippen LogP contribution in [-0.2, 0) is 0 Å². The summed E-state index contributed by atoms with van der Waals surface area (Å²) < 4.78 is 8.82. The lowest BCUT2D eigenvalue weighted by molar-refractivity contribution is 0.0697.